The van der Waals surface area contributed by atoms with Crippen LogP contribution in [0.2, 0.25) is 0 Å². The van der Waals surface area contributed by atoms with E-state index in [-0.39, 0.29) is 0 Å². The molecule has 0 aliphatic carbocycles. The lowest BCUT2D eigenvalue weighted by Gasteiger charge is -2.29. The van der Waals surface area contributed by atoms with Crippen LogP contribution < -0.4 is 5.32 Å². The van der Waals surface area contributed by atoms with Crippen molar-refractivity contribution in [1.82, 2.24) is 5.32 Å². The Bertz CT molecular complexity index is 515. The largest absolute Gasteiger partial charge is 0.310 e. The number of nitrogens with one attached hydrogen (secondary N) is 1. The zero-order valence-electron chi connectivity index (χ0n) is 12.4. The third-order valence-electron chi connectivity index (χ3n) is 4.04. The molecule has 2 aromatic rings. The fourth-order valence-corrected chi connectivity index (χ4v) is 3.48. The second-order valence-corrected chi connectivity index (χ2v) is 6.64. The first-order valence-electron chi connectivity index (χ1n) is 7.34. The van der Waals surface area contributed by atoms with Crippen molar-refractivity contribution in [3.8, 4) is 0 Å². The predicted molar refractivity (Wildman–Crippen MR) is 86.9 cm³/mol. The summed E-state index contributed by atoms with van der Waals surface area (Å²) >= 11 is 1.86. The van der Waals surface area contributed by atoms with Gasteiger partial charge in [0.2, 0.25) is 0 Å². The minimum Gasteiger partial charge on any atom is -0.310 e. The molecule has 2 unspecified atom stereocenters. The maximum atomic E-state index is 3.76. The Hall–Kier alpha value is -0.860. The first-order valence-corrected chi connectivity index (χ1v) is 8.22. The molecule has 0 amide bonds. The Morgan fingerprint density at radius 1 is 1.16 bits per heavy atom. The average Bonchev–Trinajstić information content (AvgIpc) is 2.87. The SMILES string of the molecule is CCCNC(c1cccc2ccsc12)C(C)C(C)C. The van der Waals surface area contributed by atoms with Gasteiger partial charge in [-0.3, -0.25) is 0 Å². The van der Waals surface area contributed by atoms with E-state index in [0.717, 1.165) is 6.54 Å². The van der Waals surface area contributed by atoms with Gasteiger partial charge in [0.05, 0.1) is 0 Å². The zero-order valence-corrected chi connectivity index (χ0v) is 13.3. The molecule has 0 aliphatic rings. The van der Waals surface area contributed by atoms with Gasteiger partial charge in [-0.05, 0) is 47.2 Å². The van der Waals surface area contributed by atoms with E-state index < -0.39 is 0 Å². The van der Waals surface area contributed by atoms with Crippen molar-refractivity contribution in [3.63, 3.8) is 0 Å². The van der Waals surface area contributed by atoms with E-state index in [2.05, 4.69) is 62.7 Å². The minimum absolute atomic E-state index is 0.460. The normalized spacial score (nSPS) is 15.0. The maximum Gasteiger partial charge on any atom is 0.0390 e. The number of fused-ring (bicyclic) bond motifs is 1. The van der Waals surface area contributed by atoms with Crippen molar-refractivity contribution in [1.29, 1.82) is 0 Å². The zero-order chi connectivity index (χ0) is 13.8. The van der Waals surface area contributed by atoms with Crippen LogP contribution in [0.4, 0.5) is 0 Å². The van der Waals surface area contributed by atoms with E-state index >= 15 is 0 Å². The van der Waals surface area contributed by atoms with Crippen LogP contribution in [0, 0.1) is 11.8 Å². The third-order valence-corrected chi connectivity index (χ3v) is 5.02. The summed E-state index contributed by atoms with van der Waals surface area (Å²) in [6.07, 6.45) is 1.18. The maximum absolute atomic E-state index is 3.76. The molecule has 0 saturated heterocycles. The molecule has 2 atom stereocenters. The number of rotatable bonds is 6. The molecule has 2 heteroatoms. The van der Waals surface area contributed by atoms with Gasteiger partial charge < -0.3 is 5.32 Å². The standard InChI is InChI=1S/C17H25NS/c1-5-10-18-16(13(4)12(2)3)15-8-6-7-14-9-11-19-17(14)15/h6-9,11-13,16,18H,5,10H2,1-4H3. The lowest BCUT2D eigenvalue weighted by Crippen LogP contribution is -2.30. The van der Waals surface area contributed by atoms with Crippen LogP contribution in [0.5, 0.6) is 0 Å². The molecule has 0 bridgehead atoms. The van der Waals surface area contributed by atoms with Crippen molar-refractivity contribution in [3.05, 3.63) is 35.2 Å². The molecule has 19 heavy (non-hydrogen) atoms. The molecule has 0 aliphatic heterocycles. The first kappa shape index (κ1) is 14.5. The molecule has 0 radical (unpaired) electrons. The molecule has 0 spiro atoms. The summed E-state index contributed by atoms with van der Waals surface area (Å²) in [5.74, 6) is 1.32. The average molecular weight is 275 g/mol. The van der Waals surface area contributed by atoms with Gasteiger partial charge in [-0.1, -0.05) is 45.9 Å². The van der Waals surface area contributed by atoms with Gasteiger partial charge in [0.25, 0.3) is 0 Å². The van der Waals surface area contributed by atoms with E-state index in [0.29, 0.717) is 17.9 Å². The quantitative estimate of drug-likeness (QED) is 0.760. The third kappa shape index (κ3) is 3.18. The van der Waals surface area contributed by atoms with E-state index in [1.54, 1.807) is 0 Å². The fraction of sp³-hybridized carbons (Fsp3) is 0.529. The van der Waals surface area contributed by atoms with Gasteiger partial charge in [-0.2, -0.15) is 0 Å². The highest BCUT2D eigenvalue weighted by molar-refractivity contribution is 7.17. The van der Waals surface area contributed by atoms with Crippen molar-refractivity contribution >= 4 is 21.4 Å². The van der Waals surface area contributed by atoms with Crippen molar-refractivity contribution < 1.29 is 0 Å². The minimum atomic E-state index is 0.460. The molecular formula is C17H25NS. The first-order chi connectivity index (χ1) is 9.15. The van der Waals surface area contributed by atoms with E-state index in [1.165, 1.54) is 22.1 Å². The molecule has 0 saturated carbocycles. The number of benzene rings is 1. The fourth-order valence-electron chi connectivity index (χ4n) is 2.52. The summed E-state index contributed by atoms with van der Waals surface area (Å²) in [6, 6.07) is 9.39. The van der Waals surface area contributed by atoms with Gasteiger partial charge in [-0.15, -0.1) is 11.3 Å². The highest BCUT2D eigenvalue weighted by atomic mass is 32.1. The molecule has 1 aromatic heterocycles. The van der Waals surface area contributed by atoms with Crippen LogP contribution in [0.15, 0.2) is 29.6 Å². The van der Waals surface area contributed by atoms with Gasteiger partial charge >= 0.3 is 0 Å². The molecule has 104 valence electrons. The molecule has 0 fully saturated rings. The Kier molecular flexibility index (Phi) is 5.00. The van der Waals surface area contributed by atoms with E-state index in [9.17, 15) is 0 Å². The number of hydrogen-bond acceptors (Lipinski definition) is 2. The monoisotopic (exact) mass is 275 g/mol. The lowest BCUT2D eigenvalue weighted by atomic mass is 9.85. The van der Waals surface area contributed by atoms with Crippen LogP contribution in [0.25, 0.3) is 10.1 Å². The Morgan fingerprint density at radius 3 is 2.63 bits per heavy atom. The number of thiophene rings is 1. The summed E-state index contributed by atoms with van der Waals surface area (Å²) in [5, 5.41) is 7.33. The Labute approximate surface area is 121 Å². The topological polar surface area (TPSA) is 12.0 Å². The van der Waals surface area contributed by atoms with Crippen LogP contribution in [-0.4, -0.2) is 6.54 Å². The molecule has 2 rings (SSSR count). The highest BCUT2D eigenvalue weighted by Gasteiger charge is 2.23. The van der Waals surface area contributed by atoms with Crippen molar-refractivity contribution in [2.24, 2.45) is 11.8 Å². The van der Waals surface area contributed by atoms with Gasteiger partial charge in [-0.25, -0.2) is 0 Å². The van der Waals surface area contributed by atoms with Crippen LogP contribution in [0.3, 0.4) is 0 Å². The second-order valence-electron chi connectivity index (χ2n) is 5.72. The summed E-state index contributed by atoms with van der Waals surface area (Å²) in [4.78, 5) is 0. The summed E-state index contributed by atoms with van der Waals surface area (Å²) in [5.41, 5.74) is 1.47. The summed E-state index contributed by atoms with van der Waals surface area (Å²) in [6.45, 7) is 10.3. The van der Waals surface area contributed by atoms with Crippen molar-refractivity contribution in [2.75, 3.05) is 6.54 Å². The summed E-state index contributed by atoms with van der Waals surface area (Å²) < 4.78 is 1.45. The van der Waals surface area contributed by atoms with E-state index in [4.69, 9.17) is 0 Å². The van der Waals surface area contributed by atoms with Crippen LogP contribution >= 0.6 is 11.3 Å². The molecule has 1 heterocycles. The predicted octanol–water partition coefficient (Wildman–Crippen LogP) is 5.23. The number of hydrogen-bond donors (Lipinski definition) is 1. The van der Waals surface area contributed by atoms with Crippen LogP contribution in [-0.2, 0) is 0 Å². The molecule has 1 nitrogen and oxygen atoms in total. The van der Waals surface area contributed by atoms with Gasteiger partial charge in [0.15, 0.2) is 0 Å². The Morgan fingerprint density at radius 2 is 1.95 bits per heavy atom. The Balaban J connectivity index is 2.38. The smallest absolute Gasteiger partial charge is 0.0390 e. The molecule has 1 aromatic carbocycles. The van der Waals surface area contributed by atoms with Crippen molar-refractivity contribution in [2.45, 2.75) is 40.2 Å². The molecule has 1 N–H and O–H groups in total. The van der Waals surface area contributed by atoms with Gasteiger partial charge in [0.1, 0.15) is 0 Å². The second kappa shape index (κ2) is 6.53. The highest BCUT2D eigenvalue weighted by Crippen LogP contribution is 2.34. The lowest BCUT2D eigenvalue weighted by molar-refractivity contribution is 0.305. The van der Waals surface area contributed by atoms with E-state index in [1.807, 2.05) is 11.3 Å². The van der Waals surface area contributed by atoms with Gasteiger partial charge in [0, 0.05) is 10.7 Å². The van der Waals surface area contributed by atoms with Crippen LogP contribution in [0.1, 0.15) is 45.7 Å². The summed E-state index contributed by atoms with van der Waals surface area (Å²) in [7, 11) is 0. The molecular weight excluding hydrogens is 250 g/mol.